The molecule has 1 N–H and O–H groups in total. The highest BCUT2D eigenvalue weighted by Gasteiger charge is 2.18. The summed E-state index contributed by atoms with van der Waals surface area (Å²) >= 11 is 7.74. The van der Waals surface area contributed by atoms with Crippen molar-refractivity contribution in [2.75, 3.05) is 6.54 Å². The van der Waals surface area contributed by atoms with E-state index in [4.69, 9.17) is 16.6 Å². The number of nitrogens with one attached hydrogen (secondary N) is 1. The number of hydrogen-bond acceptors (Lipinski definition) is 3. The summed E-state index contributed by atoms with van der Waals surface area (Å²) in [5, 5.41) is 7.63. The largest absolute Gasteiger partial charge is 0.309 e. The number of benzene rings is 1. The standard InChI is InChI=1S/C14H15ClN2S/c15-11-4-1-3-10(7-11)8-14-17-13(9-18-14)12-5-2-6-16-12/h1,3-4,7,9,12,16H,2,5-6,8H2. The van der Waals surface area contributed by atoms with E-state index in [9.17, 15) is 0 Å². The van der Waals surface area contributed by atoms with Crippen LogP contribution in [0.2, 0.25) is 5.02 Å². The van der Waals surface area contributed by atoms with Crippen LogP contribution in [0.25, 0.3) is 0 Å². The van der Waals surface area contributed by atoms with E-state index < -0.39 is 0 Å². The second kappa shape index (κ2) is 5.39. The molecule has 0 saturated carbocycles. The zero-order valence-corrected chi connectivity index (χ0v) is 11.6. The van der Waals surface area contributed by atoms with Crippen LogP contribution in [0, 0.1) is 0 Å². The van der Waals surface area contributed by atoms with Gasteiger partial charge in [-0.2, -0.15) is 0 Å². The summed E-state index contributed by atoms with van der Waals surface area (Å²) < 4.78 is 0. The molecule has 0 aliphatic carbocycles. The van der Waals surface area contributed by atoms with Gasteiger partial charge in [-0.1, -0.05) is 23.7 Å². The molecule has 4 heteroatoms. The third kappa shape index (κ3) is 2.74. The normalized spacial score (nSPS) is 19.3. The molecular formula is C14H15ClN2S. The predicted molar refractivity (Wildman–Crippen MR) is 76.3 cm³/mol. The highest BCUT2D eigenvalue weighted by Crippen LogP contribution is 2.25. The van der Waals surface area contributed by atoms with Crippen molar-refractivity contribution < 1.29 is 0 Å². The molecule has 0 amide bonds. The lowest BCUT2D eigenvalue weighted by Crippen LogP contribution is -2.13. The molecule has 1 saturated heterocycles. The highest BCUT2D eigenvalue weighted by molar-refractivity contribution is 7.09. The lowest BCUT2D eigenvalue weighted by atomic mass is 10.1. The van der Waals surface area contributed by atoms with Crippen LogP contribution in [0.3, 0.4) is 0 Å². The molecule has 1 unspecified atom stereocenters. The molecule has 2 heterocycles. The summed E-state index contributed by atoms with van der Waals surface area (Å²) in [5.74, 6) is 0. The number of rotatable bonds is 3. The van der Waals surface area contributed by atoms with Gasteiger partial charge in [-0.25, -0.2) is 4.98 Å². The van der Waals surface area contributed by atoms with Gasteiger partial charge in [-0.05, 0) is 37.1 Å². The maximum Gasteiger partial charge on any atom is 0.0972 e. The van der Waals surface area contributed by atoms with Gasteiger partial charge >= 0.3 is 0 Å². The van der Waals surface area contributed by atoms with Crippen LogP contribution in [0.4, 0.5) is 0 Å². The molecule has 1 atom stereocenters. The van der Waals surface area contributed by atoms with Crippen molar-refractivity contribution >= 4 is 22.9 Å². The minimum absolute atomic E-state index is 0.467. The first-order valence-electron chi connectivity index (χ1n) is 6.23. The number of hydrogen-bond donors (Lipinski definition) is 1. The minimum atomic E-state index is 0.467. The predicted octanol–water partition coefficient (Wildman–Crippen LogP) is 3.81. The lowest BCUT2D eigenvalue weighted by Gasteiger charge is -2.05. The van der Waals surface area contributed by atoms with E-state index in [0.29, 0.717) is 6.04 Å². The molecule has 1 fully saturated rings. The van der Waals surface area contributed by atoms with Gasteiger partial charge in [0.25, 0.3) is 0 Å². The second-order valence-corrected chi connectivity index (χ2v) is 6.00. The van der Waals surface area contributed by atoms with Gasteiger partial charge in [0.1, 0.15) is 0 Å². The van der Waals surface area contributed by atoms with Gasteiger partial charge in [-0.3, -0.25) is 0 Å². The molecule has 94 valence electrons. The van der Waals surface area contributed by atoms with E-state index in [1.165, 1.54) is 29.1 Å². The lowest BCUT2D eigenvalue weighted by molar-refractivity contribution is 0.630. The Balaban J connectivity index is 1.73. The van der Waals surface area contributed by atoms with Gasteiger partial charge < -0.3 is 5.32 Å². The molecule has 0 bridgehead atoms. The Morgan fingerprint density at radius 1 is 1.44 bits per heavy atom. The van der Waals surface area contributed by atoms with Crippen LogP contribution in [0.15, 0.2) is 29.6 Å². The first-order chi connectivity index (χ1) is 8.81. The van der Waals surface area contributed by atoms with E-state index >= 15 is 0 Å². The maximum absolute atomic E-state index is 5.99. The average Bonchev–Trinajstić information content (AvgIpc) is 2.98. The fourth-order valence-corrected chi connectivity index (χ4v) is 3.42. The molecule has 1 aromatic heterocycles. The van der Waals surface area contributed by atoms with Crippen molar-refractivity contribution in [3.63, 3.8) is 0 Å². The van der Waals surface area contributed by atoms with Crippen LogP contribution in [-0.2, 0) is 6.42 Å². The monoisotopic (exact) mass is 278 g/mol. The number of halogens is 1. The zero-order chi connectivity index (χ0) is 12.4. The molecule has 0 radical (unpaired) electrons. The minimum Gasteiger partial charge on any atom is -0.309 e. The Labute approximate surface area is 116 Å². The summed E-state index contributed by atoms with van der Waals surface area (Å²) in [5.41, 5.74) is 2.43. The van der Waals surface area contributed by atoms with Crippen molar-refractivity contribution in [3.8, 4) is 0 Å². The van der Waals surface area contributed by atoms with E-state index in [-0.39, 0.29) is 0 Å². The Morgan fingerprint density at radius 3 is 3.17 bits per heavy atom. The molecule has 3 rings (SSSR count). The average molecular weight is 279 g/mol. The number of thiazole rings is 1. The van der Waals surface area contributed by atoms with Crippen molar-refractivity contribution in [3.05, 3.63) is 50.9 Å². The van der Waals surface area contributed by atoms with Crippen LogP contribution in [0.5, 0.6) is 0 Å². The topological polar surface area (TPSA) is 24.9 Å². The molecule has 1 aromatic carbocycles. The van der Waals surface area contributed by atoms with Gasteiger partial charge in [0.15, 0.2) is 0 Å². The van der Waals surface area contributed by atoms with Crippen LogP contribution in [0.1, 0.15) is 35.1 Å². The van der Waals surface area contributed by atoms with Crippen molar-refractivity contribution in [1.82, 2.24) is 10.3 Å². The van der Waals surface area contributed by atoms with E-state index in [1.54, 1.807) is 11.3 Å². The number of aromatic nitrogens is 1. The second-order valence-electron chi connectivity index (χ2n) is 4.62. The fourth-order valence-electron chi connectivity index (χ4n) is 2.32. The van der Waals surface area contributed by atoms with Crippen LogP contribution >= 0.6 is 22.9 Å². The summed E-state index contributed by atoms with van der Waals surface area (Å²) in [6.07, 6.45) is 3.34. The molecule has 0 spiro atoms. The summed E-state index contributed by atoms with van der Waals surface area (Å²) in [6.45, 7) is 1.12. The Bertz CT molecular complexity index is 532. The molecular weight excluding hydrogens is 264 g/mol. The zero-order valence-electron chi connectivity index (χ0n) is 10.0. The summed E-state index contributed by atoms with van der Waals surface area (Å²) in [7, 11) is 0. The van der Waals surface area contributed by atoms with Gasteiger partial charge in [0.2, 0.25) is 0 Å². The summed E-state index contributed by atoms with van der Waals surface area (Å²) in [4.78, 5) is 4.73. The third-order valence-corrected chi connectivity index (χ3v) is 4.33. The maximum atomic E-state index is 5.99. The Kier molecular flexibility index (Phi) is 3.64. The molecule has 2 nitrogen and oxygen atoms in total. The fraction of sp³-hybridized carbons (Fsp3) is 0.357. The smallest absolute Gasteiger partial charge is 0.0972 e. The third-order valence-electron chi connectivity index (χ3n) is 3.23. The van der Waals surface area contributed by atoms with Gasteiger partial charge in [0.05, 0.1) is 16.7 Å². The van der Waals surface area contributed by atoms with Gasteiger partial charge in [0, 0.05) is 16.8 Å². The van der Waals surface area contributed by atoms with Crippen molar-refractivity contribution in [2.45, 2.75) is 25.3 Å². The van der Waals surface area contributed by atoms with E-state index in [0.717, 1.165) is 18.0 Å². The van der Waals surface area contributed by atoms with Crippen molar-refractivity contribution in [1.29, 1.82) is 0 Å². The Hall–Kier alpha value is -0.900. The van der Waals surface area contributed by atoms with Gasteiger partial charge in [-0.15, -0.1) is 11.3 Å². The SMILES string of the molecule is Clc1cccc(Cc2nc(C3CCCN3)cs2)c1. The van der Waals surface area contributed by atoms with E-state index in [2.05, 4.69) is 16.8 Å². The highest BCUT2D eigenvalue weighted by atomic mass is 35.5. The molecule has 18 heavy (non-hydrogen) atoms. The van der Waals surface area contributed by atoms with Crippen LogP contribution in [-0.4, -0.2) is 11.5 Å². The molecule has 1 aliphatic heterocycles. The molecule has 1 aliphatic rings. The Morgan fingerprint density at radius 2 is 2.39 bits per heavy atom. The first kappa shape index (κ1) is 12.2. The quantitative estimate of drug-likeness (QED) is 0.923. The molecule has 2 aromatic rings. The number of nitrogens with zero attached hydrogens (tertiary/aromatic N) is 1. The summed E-state index contributed by atoms with van der Waals surface area (Å²) in [6, 6.07) is 8.47. The van der Waals surface area contributed by atoms with Crippen LogP contribution < -0.4 is 5.32 Å². The van der Waals surface area contributed by atoms with Crippen molar-refractivity contribution in [2.24, 2.45) is 0 Å². The first-order valence-corrected chi connectivity index (χ1v) is 7.49. The van der Waals surface area contributed by atoms with E-state index in [1.807, 2.05) is 18.2 Å².